The van der Waals surface area contributed by atoms with Crippen molar-refractivity contribution in [3.05, 3.63) is 0 Å². The van der Waals surface area contributed by atoms with E-state index in [0.29, 0.717) is 0 Å². The second-order valence-electron chi connectivity index (χ2n) is 0.957. The first-order valence-electron chi connectivity index (χ1n) is 2.09. The number of nitrogens with two attached hydrogens (primary N) is 3. The summed E-state index contributed by atoms with van der Waals surface area (Å²) < 4.78 is 0. The Morgan fingerprint density at radius 3 is 0.692 bits per heavy atom. The molecule has 74 valence electrons. The van der Waals surface area contributed by atoms with Gasteiger partial charge in [0, 0.05) is 15.5 Å². The van der Waals surface area contributed by atoms with E-state index < -0.39 is 15.5 Å². The van der Waals surface area contributed by atoms with E-state index in [1.165, 1.54) is 0 Å². The summed E-state index contributed by atoms with van der Waals surface area (Å²) >= 11 is 11.3. The summed E-state index contributed by atoms with van der Waals surface area (Å²) in [6, 6.07) is 0. The molecule has 0 aliphatic carbocycles. The summed E-state index contributed by atoms with van der Waals surface area (Å²) in [5, 5.41) is 24.9. The van der Waals surface area contributed by atoms with Gasteiger partial charge < -0.3 is 32.5 Å². The van der Waals surface area contributed by atoms with E-state index in [9.17, 15) is 0 Å². The first-order chi connectivity index (χ1) is 5.20. The first kappa shape index (κ1) is 22.6. The van der Waals surface area contributed by atoms with E-state index in [1.54, 1.807) is 0 Å². The van der Waals surface area contributed by atoms with Gasteiger partial charge in [0.05, 0.1) is 0 Å². The number of nitrogens with zero attached hydrogens (tertiary/aromatic N) is 1. The lowest BCUT2D eigenvalue weighted by Gasteiger charge is -1.89. The van der Waals surface area contributed by atoms with Crippen LogP contribution in [0.5, 0.6) is 0 Å². The quantitative estimate of drug-likeness (QED) is 0.352. The minimum atomic E-state index is -0.750. The summed E-state index contributed by atoms with van der Waals surface area (Å²) in [6.07, 6.45) is 0. The highest BCUT2D eigenvalue weighted by Gasteiger charge is 3.00. The van der Waals surface area contributed by atoms with Gasteiger partial charge in [0.15, 0.2) is 0 Å². The molecular weight excluding hydrogens is 236 g/mol. The molecule has 0 aromatic carbocycles. The molecular formula is C3H6N4O3S3. The molecule has 0 fully saturated rings. The van der Waals surface area contributed by atoms with Gasteiger partial charge in [-0.2, -0.15) is 0 Å². The molecule has 0 saturated carbocycles. The Bertz CT molecular complexity index is 123. The van der Waals surface area contributed by atoms with Crippen LogP contribution in [0.3, 0.4) is 0 Å². The van der Waals surface area contributed by atoms with E-state index in [2.05, 4.69) is 53.9 Å². The van der Waals surface area contributed by atoms with Gasteiger partial charge >= 0.3 is 6.15 Å². The number of rotatable bonds is 0. The minimum Gasteiger partial charge on any atom is -0.852 e. The van der Waals surface area contributed by atoms with Crippen molar-refractivity contribution in [3.8, 4) is 0 Å². The Kier molecular flexibility index (Phi) is 29.6. The van der Waals surface area contributed by atoms with Crippen molar-refractivity contribution in [1.82, 2.24) is 6.15 Å². The first-order valence-corrected chi connectivity index (χ1v) is 3.32. The van der Waals surface area contributed by atoms with Crippen LogP contribution in [0.2, 0.25) is 0 Å². The Morgan fingerprint density at radius 2 is 0.692 bits per heavy atom. The van der Waals surface area contributed by atoms with Gasteiger partial charge in [0.25, 0.3) is 0 Å². The van der Waals surface area contributed by atoms with Crippen molar-refractivity contribution in [2.75, 3.05) is 0 Å². The SMILES string of the molecule is NC([O-])=S.NC([O-])=S.NC([O-])=S.[N+3]. The lowest BCUT2D eigenvalue weighted by molar-refractivity contribution is -0.211. The summed E-state index contributed by atoms with van der Waals surface area (Å²) in [6.45, 7) is 0. The fourth-order valence-electron chi connectivity index (χ4n) is 0. The molecule has 10 heteroatoms. The zero-order valence-corrected chi connectivity index (χ0v) is 8.58. The highest BCUT2D eigenvalue weighted by molar-refractivity contribution is 7.80. The molecule has 0 bridgehead atoms. The predicted octanol–water partition coefficient (Wildman–Crippen LogP) is -4.71. The van der Waals surface area contributed by atoms with Crippen LogP contribution >= 0.6 is 36.7 Å². The maximum absolute atomic E-state index is 9.04. The monoisotopic (exact) mass is 242 g/mol. The third-order valence-corrected chi connectivity index (χ3v) is 0. The fourth-order valence-corrected chi connectivity index (χ4v) is 0. The van der Waals surface area contributed by atoms with E-state index in [-0.39, 0.29) is 6.15 Å². The maximum Gasteiger partial charge on any atom is 3.00 e. The smallest absolute Gasteiger partial charge is 0.852 e. The molecule has 0 aromatic rings. The third kappa shape index (κ3) is 558. The van der Waals surface area contributed by atoms with Gasteiger partial charge in [-0.3, -0.25) is 0 Å². The number of thiocarbonyl (C=S) groups is 3. The molecule has 0 aliphatic heterocycles. The van der Waals surface area contributed by atoms with E-state index in [0.717, 1.165) is 0 Å². The van der Waals surface area contributed by atoms with Gasteiger partial charge in [-0.05, 0) is 0 Å². The zero-order chi connectivity index (χ0) is 10.7. The molecule has 0 aliphatic rings. The lowest BCUT2D eigenvalue weighted by atomic mass is 11.4. The average molecular weight is 242 g/mol. The summed E-state index contributed by atoms with van der Waals surface area (Å²) in [7, 11) is 0. The van der Waals surface area contributed by atoms with Gasteiger partial charge in [0.1, 0.15) is 0 Å². The molecule has 7 nitrogen and oxygen atoms in total. The Balaban J connectivity index is -0.0000000450. The van der Waals surface area contributed by atoms with Gasteiger partial charge in [-0.1, -0.05) is 36.7 Å². The average Bonchev–Trinajstić information content (AvgIpc) is 1.54. The van der Waals surface area contributed by atoms with Crippen LogP contribution in [0.1, 0.15) is 0 Å². The summed E-state index contributed by atoms with van der Waals surface area (Å²) in [4.78, 5) is 0. The second kappa shape index (κ2) is 17.0. The van der Waals surface area contributed by atoms with Gasteiger partial charge in [-0.25, -0.2) is 0 Å². The summed E-state index contributed by atoms with van der Waals surface area (Å²) in [5.74, 6) is 0. The Morgan fingerprint density at radius 1 is 0.692 bits per heavy atom. The van der Waals surface area contributed by atoms with Crippen LogP contribution in [0.25, 0.3) is 0 Å². The number of hydrogen-bond donors (Lipinski definition) is 3. The van der Waals surface area contributed by atoms with Crippen molar-refractivity contribution < 1.29 is 15.3 Å². The number of hydrogen-bond acceptors (Lipinski definition) is 6. The highest BCUT2D eigenvalue weighted by atomic mass is 32.1. The van der Waals surface area contributed by atoms with Crippen LogP contribution in [0, 0.1) is 0 Å². The topological polar surface area (TPSA) is 178 Å². The standard InChI is InChI=1S/3CH3NOS.N/c3*2-1(3)4;/h3*(H3,2,3,4);/q;;;+3/p-3. The van der Waals surface area contributed by atoms with Crippen LogP contribution in [-0.2, 0) is 0 Å². The predicted molar refractivity (Wildman–Crippen MR) is 52.5 cm³/mol. The molecule has 0 spiro atoms. The van der Waals surface area contributed by atoms with Crippen molar-refractivity contribution in [2.45, 2.75) is 0 Å². The van der Waals surface area contributed by atoms with Gasteiger partial charge in [-0.15, -0.1) is 0 Å². The second-order valence-corrected chi connectivity index (χ2v) is 2.16. The Hall–Kier alpha value is -1.22. The molecule has 6 N–H and O–H groups in total. The molecule has 0 heterocycles. The molecule has 0 saturated heterocycles. The highest BCUT2D eigenvalue weighted by Crippen LogP contribution is 1.32. The molecule has 13 heavy (non-hydrogen) atoms. The van der Waals surface area contributed by atoms with Crippen molar-refractivity contribution in [2.24, 2.45) is 17.2 Å². The van der Waals surface area contributed by atoms with E-state index in [4.69, 9.17) is 15.3 Å². The molecule has 0 amide bonds. The van der Waals surface area contributed by atoms with E-state index in [1.807, 2.05) is 0 Å². The molecule has 0 rings (SSSR count). The Labute approximate surface area is 91.1 Å². The van der Waals surface area contributed by atoms with E-state index >= 15 is 0 Å². The van der Waals surface area contributed by atoms with Crippen molar-refractivity contribution >= 4 is 52.2 Å². The van der Waals surface area contributed by atoms with Crippen LogP contribution < -0.4 is 38.7 Å². The van der Waals surface area contributed by atoms with Crippen molar-refractivity contribution in [3.63, 3.8) is 0 Å². The van der Waals surface area contributed by atoms with Crippen LogP contribution in [0.15, 0.2) is 0 Å². The third-order valence-electron chi connectivity index (χ3n) is 0. The minimum absolute atomic E-state index is 0. The van der Waals surface area contributed by atoms with Crippen LogP contribution in [-0.4, -0.2) is 15.5 Å². The summed E-state index contributed by atoms with van der Waals surface area (Å²) in [5.41, 5.74) is 12.9. The van der Waals surface area contributed by atoms with Crippen LogP contribution in [0.4, 0.5) is 0 Å². The normalized spacial score (nSPS) is 5.54. The molecule has 0 unspecified atom stereocenters. The molecule has 0 atom stereocenters. The lowest BCUT2D eigenvalue weighted by Crippen LogP contribution is -2.23. The largest absolute Gasteiger partial charge is 3.00 e. The molecule has 2 radical (unpaired) electrons. The molecule has 0 aromatic heterocycles. The van der Waals surface area contributed by atoms with Crippen molar-refractivity contribution in [1.29, 1.82) is 0 Å². The fraction of sp³-hybridized carbons (Fsp3) is 0. The maximum atomic E-state index is 9.04. The zero-order valence-electron chi connectivity index (χ0n) is 6.13. The van der Waals surface area contributed by atoms with Gasteiger partial charge in [0.2, 0.25) is 0 Å².